The summed E-state index contributed by atoms with van der Waals surface area (Å²) < 4.78 is 4.95. The van der Waals surface area contributed by atoms with Gasteiger partial charge in [0.05, 0.1) is 5.92 Å². The molecule has 1 aromatic heterocycles. The number of carbonyl (C=O) groups is 1. The second-order valence-corrected chi connectivity index (χ2v) is 2.48. The highest BCUT2D eigenvalue weighted by molar-refractivity contribution is 5.79. The van der Waals surface area contributed by atoms with Crippen LogP contribution in [0, 0.1) is 0 Å². The standard InChI is InChI=1S/C6H7N3O2/c10-5-1-4(2-7-5)6-9-8-3-11-6/h3-4H,1-2H2,(H,7,10)/t4-/m1/s1. The van der Waals surface area contributed by atoms with Crippen molar-refractivity contribution in [3.63, 3.8) is 0 Å². The van der Waals surface area contributed by atoms with E-state index in [0.29, 0.717) is 18.9 Å². The number of nitrogens with zero attached hydrogens (tertiary/aromatic N) is 2. The first-order valence-electron chi connectivity index (χ1n) is 3.39. The van der Waals surface area contributed by atoms with E-state index in [2.05, 4.69) is 15.5 Å². The van der Waals surface area contributed by atoms with Crippen LogP contribution in [0.2, 0.25) is 0 Å². The first-order chi connectivity index (χ1) is 5.36. The molecule has 2 heterocycles. The van der Waals surface area contributed by atoms with Crippen molar-refractivity contribution < 1.29 is 9.21 Å². The van der Waals surface area contributed by atoms with Crippen LogP contribution in [-0.2, 0) is 4.79 Å². The van der Waals surface area contributed by atoms with Gasteiger partial charge in [0.15, 0.2) is 0 Å². The molecule has 1 fully saturated rings. The molecule has 1 atom stereocenters. The lowest BCUT2D eigenvalue weighted by molar-refractivity contribution is -0.119. The van der Waals surface area contributed by atoms with Crippen LogP contribution < -0.4 is 5.32 Å². The Morgan fingerprint density at radius 2 is 2.64 bits per heavy atom. The average molecular weight is 153 g/mol. The van der Waals surface area contributed by atoms with Crippen LogP contribution in [0.4, 0.5) is 0 Å². The summed E-state index contributed by atoms with van der Waals surface area (Å²) in [5.41, 5.74) is 0. The van der Waals surface area contributed by atoms with Crippen molar-refractivity contribution in [2.75, 3.05) is 6.54 Å². The van der Waals surface area contributed by atoms with Gasteiger partial charge in [-0.1, -0.05) is 0 Å². The Morgan fingerprint density at radius 3 is 3.18 bits per heavy atom. The number of carbonyl (C=O) groups excluding carboxylic acids is 1. The maximum atomic E-state index is 10.7. The quantitative estimate of drug-likeness (QED) is 0.600. The molecule has 1 aromatic rings. The highest BCUT2D eigenvalue weighted by Crippen LogP contribution is 2.19. The third kappa shape index (κ3) is 1.09. The lowest BCUT2D eigenvalue weighted by atomic mass is 10.1. The molecule has 1 N–H and O–H groups in total. The Hall–Kier alpha value is -1.39. The zero-order valence-electron chi connectivity index (χ0n) is 5.78. The van der Waals surface area contributed by atoms with E-state index in [0.717, 1.165) is 0 Å². The summed E-state index contributed by atoms with van der Waals surface area (Å²) in [6.07, 6.45) is 1.74. The Balaban J connectivity index is 2.13. The van der Waals surface area contributed by atoms with Crippen LogP contribution in [0.5, 0.6) is 0 Å². The molecule has 2 rings (SSSR count). The fourth-order valence-electron chi connectivity index (χ4n) is 1.14. The molecule has 11 heavy (non-hydrogen) atoms. The predicted octanol–water partition coefficient (Wildman–Crippen LogP) is -0.327. The monoisotopic (exact) mass is 153 g/mol. The van der Waals surface area contributed by atoms with Gasteiger partial charge < -0.3 is 9.73 Å². The fourth-order valence-corrected chi connectivity index (χ4v) is 1.14. The van der Waals surface area contributed by atoms with Crippen molar-refractivity contribution >= 4 is 5.91 Å². The normalized spacial score (nSPS) is 23.6. The van der Waals surface area contributed by atoms with Gasteiger partial charge in [0.1, 0.15) is 0 Å². The zero-order chi connectivity index (χ0) is 7.68. The van der Waals surface area contributed by atoms with E-state index in [1.54, 1.807) is 0 Å². The molecule has 5 nitrogen and oxygen atoms in total. The average Bonchev–Trinajstić information content (AvgIpc) is 2.55. The molecule has 0 aliphatic carbocycles. The van der Waals surface area contributed by atoms with Gasteiger partial charge in [0, 0.05) is 13.0 Å². The molecule has 58 valence electrons. The van der Waals surface area contributed by atoms with Crippen LogP contribution in [-0.4, -0.2) is 22.6 Å². The van der Waals surface area contributed by atoms with Gasteiger partial charge in [0.2, 0.25) is 18.2 Å². The van der Waals surface area contributed by atoms with Gasteiger partial charge in [-0.15, -0.1) is 10.2 Å². The summed E-state index contributed by atoms with van der Waals surface area (Å²) in [7, 11) is 0. The lowest BCUT2D eigenvalue weighted by Gasteiger charge is -1.96. The number of aromatic nitrogens is 2. The Labute approximate surface area is 62.8 Å². The van der Waals surface area contributed by atoms with Crippen LogP contribution in [0.25, 0.3) is 0 Å². The van der Waals surface area contributed by atoms with Crippen molar-refractivity contribution in [3.05, 3.63) is 12.3 Å². The lowest BCUT2D eigenvalue weighted by Crippen LogP contribution is -2.13. The van der Waals surface area contributed by atoms with Gasteiger partial charge in [-0.3, -0.25) is 4.79 Å². The minimum Gasteiger partial charge on any atom is -0.428 e. The van der Waals surface area contributed by atoms with Gasteiger partial charge in [-0.05, 0) is 0 Å². The topological polar surface area (TPSA) is 68.0 Å². The smallest absolute Gasteiger partial charge is 0.221 e. The SMILES string of the molecule is O=C1C[C@@H](c2nnco2)CN1. The summed E-state index contributed by atoms with van der Waals surface area (Å²) in [5.74, 6) is 0.668. The second-order valence-electron chi connectivity index (χ2n) is 2.48. The van der Waals surface area contributed by atoms with E-state index in [4.69, 9.17) is 4.42 Å². The highest BCUT2D eigenvalue weighted by Gasteiger charge is 2.26. The van der Waals surface area contributed by atoms with E-state index in [1.165, 1.54) is 6.39 Å². The number of hydrogen-bond acceptors (Lipinski definition) is 4. The largest absolute Gasteiger partial charge is 0.428 e. The van der Waals surface area contributed by atoms with E-state index in [9.17, 15) is 4.79 Å². The van der Waals surface area contributed by atoms with Crippen LogP contribution in [0.3, 0.4) is 0 Å². The number of hydrogen-bond donors (Lipinski definition) is 1. The van der Waals surface area contributed by atoms with Crippen molar-refractivity contribution in [3.8, 4) is 0 Å². The van der Waals surface area contributed by atoms with Crippen molar-refractivity contribution in [2.24, 2.45) is 0 Å². The van der Waals surface area contributed by atoms with E-state index in [-0.39, 0.29) is 11.8 Å². The van der Waals surface area contributed by atoms with Crippen molar-refractivity contribution in [2.45, 2.75) is 12.3 Å². The maximum absolute atomic E-state index is 10.7. The van der Waals surface area contributed by atoms with E-state index >= 15 is 0 Å². The molecule has 0 aromatic carbocycles. The molecule has 0 unspecified atom stereocenters. The minimum absolute atomic E-state index is 0.0493. The molecule has 5 heteroatoms. The Morgan fingerprint density at radius 1 is 1.73 bits per heavy atom. The zero-order valence-corrected chi connectivity index (χ0v) is 5.78. The second kappa shape index (κ2) is 2.34. The molecule has 0 saturated carbocycles. The highest BCUT2D eigenvalue weighted by atomic mass is 16.4. The molecular weight excluding hydrogens is 146 g/mol. The van der Waals surface area contributed by atoms with Gasteiger partial charge in [0.25, 0.3) is 0 Å². The van der Waals surface area contributed by atoms with E-state index in [1.807, 2.05) is 0 Å². The van der Waals surface area contributed by atoms with E-state index < -0.39 is 0 Å². The van der Waals surface area contributed by atoms with Crippen molar-refractivity contribution in [1.82, 2.24) is 15.5 Å². The minimum atomic E-state index is 0.0493. The van der Waals surface area contributed by atoms with Crippen LogP contribution >= 0.6 is 0 Å². The van der Waals surface area contributed by atoms with Gasteiger partial charge in [-0.2, -0.15) is 0 Å². The summed E-state index contributed by atoms with van der Waals surface area (Å²) in [5, 5.41) is 9.95. The number of amides is 1. The first kappa shape index (κ1) is 6.33. The summed E-state index contributed by atoms with van der Waals surface area (Å²) in [6.45, 7) is 0.612. The summed E-state index contributed by atoms with van der Waals surface area (Å²) in [6, 6.07) is 0. The third-order valence-electron chi connectivity index (χ3n) is 1.70. The molecule has 0 radical (unpaired) electrons. The number of rotatable bonds is 1. The summed E-state index contributed by atoms with van der Waals surface area (Å²) in [4.78, 5) is 10.7. The Bertz CT molecular complexity index is 257. The fraction of sp³-hybridized carbons (Fsp3) is 0.500. The predicted molar refractivity (Wildman–Crippen MR) is 34.7 cm³/mol. The molecular formula is C6H7N3O2. The van der Waals surface area contributed by atoms with Crippen LogP contribution in [0.15, 0.2) is 10.8 Å². The molecule has 1 aliphatic heterocycles. The molecule has 1 saturated heterocycles. The Kier molecular flexibility index (Phi) is 1.34. The van der Waals surface area contributed by atoms with Crippen LogP contribution in [0.1, 0.15) is 18.2 Å². The first-order valence-corrected chi connectivity index (χ1v) is 3.39. The summed E-state index contributed by atoms with van der Waals surface area (Å²) >= 11 is 0. The number of nitrogens with one attached hydrogen (secondary N) is 1. The molecule has 0 bridgehead atoms. The molecule has 1 amide bonds. The molecule has 0 spiro atoms. The maximum Gasteiger partial charge on any atom is 0.221 e. The third-order valence-corrected chi connectivity index (χ3v) is 1.70. The van der Waals surface area contributed by atoms with Crippen molar-refractivity contribution in [1.29, 1.82) is 0 Å². The van der Waals surface area contributed by atoms with Gasteiger partial charge >= 0.3 is 0 Å². The molecule has 1 aliphatic rings. The van der Waals surface area contributed by atoms with Gasteiger partial charge in [-0.25, -0.2) is 0 Å².